The highest BCUT2D eigenvalue weighted by molar-refractivity contribution is 9.10. The number of aromatic nitrogens is 2. The van der Waals surface area contributed by atoms with Crippen molar-refractivity contribution in [3.05, 3.63) is 50.1 Å². The van der Waals surface area contributed by atoms with Gasteiger partial charge in [-0.05, 0) is 51.3 Å². The molecular formula is C19H22BrFN4O2. The second kappa shape index (κ2) is 8.21. The molecule has 0 unspecified atom stereocenters. The van der Waals surface area contributed by atoms with Crippen molar-refractivity contribution in [1.82, 2.24) is 9.55 Å². The van der Waals surface area contributed by atoms with Gasteiger partial charge in [-0.2, -0.15) is 0 Å². The number of nitrogens with zero attached hydrogens (tertiary/aromatic N) is 3. The second-order valence-electron chi connectivity index (χ2n) is 6.73. The Morgan fingerprint density at radius 2 is 1.96 bits per heavy atom. The van der Waals surface area contributed by atoms with Crippen LogP contribution in [-0.2, 0) is 11.3 Å². The van der Waals surface area contributed by atoms with E-state index in [1.165, 1.54) is 16.7 Å². The Labute approximate surface area is 165 Å². The van der Waals surface area contributed by atoms with Crippen LogP contribution >= 0.6 is 15.9 Å². The maximum Gasteiger partial charge on any atom is 0.258 e. The average Bonchev–Trinajstić information content (AvgIpc) is 2.65. The van der Waals surface area contributed by atoms with Crippen LogP contribution in [0, 0.1) is 19.7 Å². The summed E-state index contributed by atoms with van der Waals surface area (Å²) in [4.78, 5) is 31.9. The van der Waals surface area contributed by atoms with Crippen LogP contribution in [0.1, 0.15) is 30.5 Å². The zero-order valence-electron chi connectivity index (χ0n) is 15.4. The monoisotopic (exact) mass is 436 g/mol. The lowest BCUT2D eigenvalue weighted by atomic mass is 10.1. The van der Waals surface area contributed by atoms with Crippen molar-refractivity contribution < 1.29 is 9.18 Å². The van der Waals surface area contributed by atoms with Crippen molar-refractivity contribution in [3.63, 3.8) is 0 Å². The molecule has 0 saturated carbocycles. The molecule has 0 radical (unpaired) electrons. The van der Waals surface area contributed by atoms with Crippen molar-refractivity contribution in [2.75, 3.05) is 23.3 Å². The smallest absolute Gasteiger partial charge is 0.258 e. The van der Waals surface area contributed by atoms with Crippen LogP contribution in [0.5, 0.6) is 0 Å². The fourth-order valence-corrected chi connectivity index (χ4v) is 3.48. The highest BCUT2D eigenvalue weighted by Crippen LogP contribution is 2.20. The fourth-order valence-electron chi connectivity index (χ4n) is 3.14. The SMILES string of the molecule is Cc1nc(N2CCCCC2)n(CC(=O)Nc2ccc(Br)cc2F)c(=O)c1C. The van der Waals surface area contributed by atoms with Gasteiger partial charge in [-0.25, -0.2) is 9.37 Å². The fraction of sp³-hybridized carbons (Fsp3) is 0.421. The molecule has 27 heavy (non-hydrogen) atoms. The van der Waals surface area contributed by atoms with Crippen molar-refractivity contribution in [3.8, 4) is 0 Å². The lowest BCUT2D eigenvalue weighted by Gasteiger charge is -2.30. The highest BCUT2D eigenvalue weighted by Gasteiger charge is 2.21. The molecule has 0 bridgehead atoms. The van der Waals surface area contributed by atoms with E-state index in [1.807, 2.05) is 4.90 Å². The van der Waals surface area contributed by atoms with Crippen LogP contribution < -0.4 is 15.8 Å². The largest absolute Gasteiger partial charge is 0.342 e. The first-order valence-electron chi connectivity index (χ1n) is 8.94. The number of hydrogen-bond donors (Lipinski definition) is 1. The Hall–Kier alpha value is -2.22. The molecule has 1 amide bonds. The molecule has 144 valence electrons. The van der Waals surface area contributed by atoms with Gasteiger partial charge in [0.15, 0.2) is 0 Å². The minimum Gasteiger partial charge on any atom is -0.342 e. The van der Waals surface area contributed by atoms with E-state index in [9.17, 15) is 14.0 Å². The highest BCUT2D eigenvalue weighted by atomic mass is 79.9. The molecule has 0 spiro atoms. The predicted octanol–water partition coefficient (Wildman–Crippen LogP) is 3.39. The maximum atomic E-state index is 14.0. The number of nitrogens with one attached hydrogen (secondary N) is 1. The zero-order chi connectivity index (χ0) is 19.6. The third-order valence-corrected chi connectivity index (χ3v) is 5.26. The number of amides is 1. The van der Waals surface area contributed by atoms with Gasteiger partial charge in [0.05, 0.1) is 5.69 Å². The Kier molecular flexibility index (Phi) is 5.94. The van der Waals surface area contributed by atoms with Crippen molar-refractivity contribution in [1.29, 1.82) is 0 Å². The average molecular weight is 437 g/mol. The van der Waals surface area contributed by atoms with E-state index in [2.05, 4.69) is 26.2 Å². The standard InChI is InChI=1S/C19H22BrFN4O2/c1-12-13(2)22-19(24-8-4-3-5-9-24)25(18(12)27)11-17(26)23-16-7-6-14(20)10-15(16)21/h6-7,10H,3-5,8-9,11H2,1-2H3,(H,23,26). The van der Waals surface area contributed by atoms with E-state index in [1.54, 1.807) is 19.9 Å². The molecule has 1 aromatic heterocycles. The van der Waals surface area contributed by atoms with Crippen LogP contribution in [0.25, 0.3) is 0 Å². The lowest BCUT2D eigenvalue weighted by Crippen LogP contribution is -2.39. The van der Waals surface area contributed by atoms with Crippen LogP contribution in [0.4, 0.5) is 16.0 Å². The van der Waals surface area contributed by atoms with Gasteiger partial charge in [0.1, 0.15) is 12.4 Å². The second-order valence-corrected chi connectivity index (χ2v) is 7.65. The summed E-state index contributed by atoms with van der Waals surface area (Å²) in [6.07, 6.45) is 3.20. The van der Waals surface area contributed by atoms with E-state index in [-0.39, 0.29) is 17.8 Å². The number of halogens is 2. The molecule has 6 nitrogen and oxygen atoms in total. The van der Waals surface area contributed by atoms with Gasteiger partial charge in [-0.3, -0.25) is 14.2 Å². The summed E-state index contributed by atoms with van der Waals surface area (Å²) in [6.45, 7) is 4.89. The van der Waals surface area contributed by atoms with Gasteiger partial charge in [-0.15, -0.1) is 0 Å². The minimum absolute atomic E-state index is 0.0764. The first kappa shape index (κ1) is 19.5. The summed E-state index contributed by atoms with van der Waals surface area (Å²) in [5.41, 5.74) is 1.01. The van der Waals surface area contributed by atoms with Crippen LogP contribution in [0.2, 0.25) is 0 Å². The topological polar surface area (TPSA) is 67.2 Å². The Morgan fingerprint density at radius 1 is 1.26 bits per heavy atom. The first-order chi connectivity index (χ1) is 12.9. The molecule has 1 aliphatic heterocycles. The molecule has 0 atom stereocenters. The quantitative estimate of drug-likeness (QED) is 0.797. The van der Waals surface area contributed by atoms with Gasteiger partial charge in [0.25, 0.3) is 5.56 Å². The number of rotatable bonds is 4. The molecule has 1 fully saturated rings. The number of aryl methyl sites for hydroxylation is 1. The van der Waals surface area contributed by atoms with Gasteiger partial charge >= 0.3 is 0 Å². The predicted molar refractivity (Wildman–Crippen MR) is 107 cm³/mol. The number of carbonyl (C=O) groups excluding carboxylic acids is 1. The molecule has 1 aromatic carbocycles. The third kappa shape index (κ3) is 4.37. The number of carbonyl (C=O) groups is 1. The molecule has 1 N–H and O–H groups in total. The van der Waals surface area contributed by atoms with E-state index >= 15 is 0 Å². The first-order valence-corrected chi connectivity index (χ1v) is 9.74. The third-order valence-electron chi connectivity index (χ3n) is 4.76. The number of benzene rings is 1. The number of piperidine rings is 1. The van der Waals surface area contributed by atoms with E-state index in [4.69, 9.17) is 0 Å². The number of anilines is 2. The zero-order valence-corrected chi connectivity index (χ0v) is 17.0. The van der Waals surface area contributed by atoms with Crippen LogP contribution in [-0.4, -0.2) is 28.5 Å². The summed E-state index contributed by atoms with van der Waals surface area (Å²) in [5, 5.41) is 2.54. The molecule has 0 aliphatic carbocycles. The van der Waals surface area contributed by atoms with E-state index in [0.717, 1.165) is 32.4 Å². The molecule has 8 heteroatoms. The Morgan fingerprint density at radius 3 is 2.63 bits per heavy atom. The van der Waals surface area contributed by atoms with Crippen LogP contribution in [0.15, 0.2) is 27.5 Å². The van der Waals surface area contributed by atoms with Gasteiger partial charge in [0, 0.05) is 28.8 Å². The molecule has 1 aliphatic rings. The molecule has 2 aromatic rings. The van der Waals surface area contributed by atoms with Crippen molar-refractivity contribution in [2.45, 2.75) is 39.7 Å². The van der Waals surface area contributed by atoms with Gasteiger partial charge < -0.3 is 10.2 Å². The summed E-state index contributed by atoms with van der Waals surface area (Å²) in [7, 11) is 0. The van der Waals surface area contributed by atoms with Gasteiger partial charge in [-0.1, -0.05) is 15.9 Å². The maximum absolute atomic E-state index is 14.0. The lowest BCUT2D eigenvalue weighted by molar-refractivity contribution is -0.116. The molecular weight excluding hydrogens is 415 g/mol. The molecule has 3 rings (SSSR count). The van der Waals surface area contributed by atoms with Gasteiger partial charge in [0.2, 0.25) is 11.9 Å². The summed E-state index contributed by atoms with van der Waals surface area (Å²) < 4.78 is 16.0. The van der Waals surface area contributed by atoms with E-state index < -0.39 is 11.7 Å². The summed E-state index contributed by atoms with van der Waals surface area (Å²) >= 11 is 3.18. The van der Waals surface area contributed by atoms with E-state index in [0.29, 0.717) is 21.7 Å². The minimum atomic E-state index is -0.542. The number of hydrogen-bond acceptors (Lipinski definition) is 4. The Bertz CT molecular complexity index is 923. The van der Waals surface area contributed by atoms with Crippen molar-refractivity contribution in [2.24, 2.45) is 0 Å². The summed E-state index contributed by atoms with van der Waals surface area (Å²) in [6, 6.07) is 4.39. The normalized spacial score (nSPS) is 14.3. The Balaban J connectivity index is 1.89. The summed E-state index contributed by atoms with van der Waals surface area (Å²) in [5.74, 6) is -0.504. The molecule has 2 heterocycles. The van der Waals surface area contributed by atoms with Crippen molar-refractivity contribution >= 4 is 33.5 Å². The van der Waals surface area contributed by atoms with Crippen LogP contribution in [0.3, 0.4) is 0 Å². The molecule has 1 saturated heterocycles.